The summed E-state index contributed by atoms with van der Waals surface area (Å²) in [6, 6.07) is 9.59. The number of hydrogen-bond acceptors (Lipinski definition) is 4. The van der Waals surface area contributed by atoms with Crippen LogP contribution in [0.5, 0.6) is 0 Å². The highest BCUT2D eigenvalue weighted by atomic mass is 32.1. The molecule has 1 aromatic carbocycles. The molecule has 0 spiro atoms. The molecule has 4 nitrogen and oxygen atoms in total. The van der Waals surface area contributed by atoms with E-state index in [4.69, 9.17) is 5.73 Å². The van der Waals surface area contributed by atoms with Gasteiger partial charge >= 0.3 is 0 Å². The third kappa shape index (κ3) is 3.89. The number of carbonyl (C=O) groups excluding carboxylic acids is 1. The second-order valence-electron chi connectivity index (χ2n) is 5.01. The van der Waals surface area contributed by atoms with E-state index in [1.54, 1.807) is 10.3 Å². The summed E-state index contributed by atoms with van der Waals surface area (Å²) in [5, 5.41) is 2.59. The molecule has 1 unspecified atom stereocenters. The number of rotatable bonds is 6. The van der Waals surface area contributed by atoms with E-state index in [1.807, 2.05) is 37.3 Å². The lowest BCUT2D eigenvalue weighted by Crippen LogP contribution is -2.32. The standard InChI is InChI=1S/C16H21N3OS/c1-3-4-10-19(13-8-6-5-7-9-13)16(20)14-11-21-15(18-14)12(2)17/h5-9,11-12H,3-4,10,17H2,1-2H3. The summed E-state index contributed by atoms with van der Waals surface area (Å²) in [5.41, 5.74) is 7.21. The summed E-state index contributed by atoms with van der Waals surface area (Å²) in [7, 11) is 0. The van der Waals surface area contributed by atoms with Crippen LogP contribution in [0.3, 0.4) is 0 Å². The Labute approximate surface area is 129 Å². The molecule has 1 atom stereocenters. The molecule has 1 heterocycles. The maximum Gasteiger partial charge on any atom is 0.277 e. The van der Waals surface area contributed by atoms with Gasteiger partial charge in [0.15, 0.2) is 0 Å². The van der Waals surface area contributed by atoms with Crippen molar-refractivity contribution in [2.75, 3.05) is 11.4 Å². The number of aromatic nitrogens is 1. The number of unbranched alkanes of at least 4 members (excludes halogenated alkanes) is 1. The minimum atomic E-state index is -0.141. The van der Waals surface area contributed by atoms with Crippen molar-refractivity contribution in [3.05, 3.63) is 46.4 Å². The van der Waals surface area contributed by atoms with Gasteiger partial charge in [-0.05, 0) is 25.5 Å². The Hall–Kier alpha value is -1.72. The van der Waals surface area contributed by atoms with Gasteiger partial charge in [-0.25, -0.2) is 4.98 Å². The summed E-state index contributed by atoms with van der Waals surface area (Å²) in [4.78, 5) is 18.9. The third-order valence-corrected chi connectivity index (χ3v) is 4.22. The molecule has 5 heteroatoms. The van der Waals surface area contributed by atoms with Crippen molar-refractivity contribution >= 4 is 22.9 Å². The van der Waals surface area contributed by atoms with E-state index < -0.39 is 0 Å². The molecule has 0 aliphatic rings. The first-order valence-corrected chi connectivity index (χ1v) is 8.09. The first kappa shape index (κ1) is 15.7. The molecule has 21 heavy (non-hydrogen) atoms. The van der Waals surface area contributed by atoms with E-state index in [1.165, 1.54) is 11.3 Å². The summed E-state index contributed by atoms with van der Waals surface area (Å²) in [6.07, 6.45) is 2.00. The van der Waals surface area contributed by atoms with Crippen LogP contribution >= 0.6 is 11.3 Å². The van der Waals surface area contributed by atoms with E-state index in [2.05, 4.69) is 11.9 Å². The van der Waals surface area contributed by atoms with E-state index in [0.717, 1.165) is 23.5 Å². The van der Waals surface area contributed by atoms with Crippen LogP contribution < -0.4 is 10.6 Å². The SMILES string of the molecule is CCCCN(C(=O)c1csc(C(C)N)n1)c1ccccc1. The predicted molar refractivity (Wildman–Crippen MR) is 87.7 cm³/mol. The molecule has 2 N–H and O–H groups in total. The van der Waals surface area contributed by atoms with Crippen molar-refractivity contribution in [1.82, 2.24) is 4.98 Å². The van der Waals surface area contributed by atoms with Crippen LogP contribution in [-0.4, -0.2) is 17.4 Å². The number of carbonyl (C=O) groups is 1. The highest BCUT2D eigenvalue weighted by Gasteiger charge is 2.20. The largest absolute Gasteiger partial charge is 0.322 e. The zero-order valence-electron chi connectivity index (χ0n) is 12.5. The van der Waals surface area contributed by atoms with Gasteiger partial charge in [-0.3, -0.25) is 4.79 Å². The zero-order valence-corrected chi connectivity index (χ0v) is 13.3. The van der Waals surface area contributed by atoms with Crippen LogP contribution in [-0.2, 0) is 0 Å². The topological polar surface area (TPSA) is 59.2 Å². The van der Waals surface area contributed by atoms with Gasteiger partial charge in [-0.15, -0.1) is 11.3 Å². The van der Waals surface area contributed by atoms with Crippen LogP contribution in [0.4, 0.5) is 5.69 Å². The van der Waals surface area contributed by atoms with Gasteiger partial charge in [0.25, 0.3) is 5.91 Å². The lowest BCUT2D eigenvalue weighted by Gasteiger charge is -2.21. The third-order valence-electron chi connectivity index (χ3n) is 3.18. The maximum atomic E-state index is 12.7. The number of para-hydroxylation sites is 1. The number of nitrogens with two attached hydrogens (primary N) is 1. The zero-order chi connectivity index (χ0) is 15.2. The molecule has 112 valence electrons. The molecule has 0 fully saturated rings. The first-order chi connectivity index (χ1) is 10.1. The Kier molecular flexibility index (Phi) is 5.47. The summed E-state index contributed by atoms with van der Waals surface area (Å²) in [5.74, 6) is -0.0576. The molecule has 2 rings (SSSR count). The van der Waals surface area contributed by atoms with Crippen LogP contribution in [0.2, 0.25) is 0 Å². The van der Waals surface area contributed by atoms with Crippen molar-refractivity contribution in [2.45, 2.75) is 32.7 Å². The van der Waals surface area contributed by atoms with Crippen molar-refractivity contribution in [3.8, 4) is 0 Å². The van der Waals surface area contributed by atoms with Crippen molar-refractivity contribution < 1.29 is 4.79 Å². The second kappa shape index (κ2) is 7.33. The fourth-order valence-electron chi connectivity index (χ4n) is 2.01. The molecule has 0 saturated carbocycles. The normalized spacial score (nSPS) is 12.1. The molecule has 0 saturated heterocycles. The minimum absolute atomic E-state index is 0.0576. The van der Waals surface area contributed by atoms with Crippen LogP contribution in [0.15, 0.2) is 35.7 Å². The molecule has 2 aromatic rings. The molecule has 0 aliphatic heterocycles. The van der Waals surface area contributed by atoms with E-state index >= 15 is 0 Å². The van der Waals surface area contributed by atoms with Gasteiger partial charge < -0.3 is 10.6 Å². The van der Waals surface area contributed by atoms with Gasteiger partial charge in [-0.2, -0.15) is 0 Å². The summed E-state index contributed by atoms with van der Waals surface area (Å²) in [6.45, 7) is 4.69. The Morgan fingerprint density at radius 3 is 2.67 bits per heavy atom. The Bertz CT molecular complexity index is 580. The highest BCUT2D eigenvalue weighted by molar-refractivity contribution is 7.09. The van der Waals surface area contributed by atoms with Crippen molar-refractivity contribution in [3.63, 3.8) is 0 Å². The Balaban J connectivity index is 2.25. The lowest BCUT2D eigenvalue weighted by atomic mass is 10.2. The molecule has 1 amide bonds. The Morgan fingerprint density at radius 1 is 1.38 bits per heavy atom. The minimum Gasteiger partial charge on any atom is -0.322 e. The Morgan fingerprint density at radius 2 is 2.10 bits per heavy atom. The number of benzene rings is 1. The van der Waals surface area contributed by atoms with Gasteiger partial charge in [-0.1, -0.05) is 31.5 Å². The predicted octanol–water partition coefficient (Wildman–Crippen LogP) is 3.61. The number of amides is 1. The average Bonchev–Trinajstić information content (AvgIpc) is 2.98. The molecular weight excluding hydrogens is 282 g/mol. The smallest absolute Gasteiger partial charge is 0.277 e. The van der Waals surface area contributed by atoms with Crippen LogP contribution in [0.25, 0.3) is 0 Å². The fraction of sp³-hybridized carbons (Fsp3) is 0.375. The van der Waals surface area contributed by atoms with Gasteiger partial charge in [0.1, 0.15) is 10.7 Å². The number of anilines is 1. The summed E-state index contributed by atoms with van der Waals surface area (Å²) >= 11 is 1.44. The molecule has 1 aromatic heterocycles. The highest BCUT2D eigenvalue weighted by Crippen LogP contribution is 2.21. The number of nitrogens with zero attached hydrogens (tertiary/aromatic N) is 2. The van der Waals surface area contributed by atoms with Gasteiger partial charge in [0.05, 0.1) is 6.04 Å². The monoisotopic (exact) mass is 303 g/mol. The van der Waals surface area contributed by atoms with Gasteiger partial charge in [0, 0.05) is 17.6 Å². The van der Waals surface area contributed by atoms with Crippen molar-refractivity contribution in [1.29, 1.82) is 0 Å². The second-order valence-corrected chi connectivity index (χ2v) is 5.90. The van der Waals surface area contributed by atoms with Crippen LogP contribution in [0, 0.1) is 0 Å². The lowest BCUT2D eigenvalue weighted by molar-refractivity contribution is 0.0982. The fourth-order valence-corrected chi connectivity index (χ4v) is 2.76. The first-order valence-electron chi connectivity index (χ1n) is 7.21. The molecule has 0 radical (unpaired) electrons. The molecule has 0 bridgehead atoms. The van der Waals surface area contributed by atoms with Crippen molar-refractivity contribution in [2.24, 2.45) is 5.73 Å². The van der Waals surface area contributed by atoms with E-state index in [0.29, 0.717) is 12.2 Å². The van der Waals surface area contributed by atoms with E-state index in [9.17, 15) is 4.79 Å². The average molecular weight is 303 g/mol. The van der Waals surface area contributed by atoms with Crippen LogP contribution in [0.1, 0.15) is 48.2 Å². The number of thiazole rings is 1. The molecular formula is C16H21N3OS. The van der Waals surface area contributed by atoms with E-state index in [-0.39, 0.29) is 11.9 Å². The van der Waals surface area contributed by atoms with Gasteiger partial charge in [0.2, 0.25) is 0 Å². The maximum absolute atomic E-state index is 12.7. The molecule has 0 aliphatic carbocycles. The summed E-state index contributed by atoms with van der Waals surface area (Å²) < 4.78 is 0. The number of hydrogen-bond donors (Lipinski definition) is 1. The quantitative estimate of drug-likeness (QED) is 0.887.